The zero-order valence-corrected chi connectivity index (χ0v) is 20.9. The average Bonchev–Trinajstić information content (AvgIpc) is 3.44. The summed E-state index contributed by atoms with van der Waals surface area (Å²) in [7, 11) is 1.65. The minimum absolute atomic E-state index is 0.123. The van der Waals surface area contributed by atoms with Crippen molar-refractivity contribution in [3.63, 3.8) is 0 Å². The summed E-state index contributed by atoms with van der Waals surface area (Å²) < 4.78 is 7.23. The molecule has 2 aromatic carbocycles. The van der Waals surface area contributed by atoms with Crippen LogP contribution in [-0.2, 0) is 10.2 Å². The molecule has 2 heterocycles. The van der Waals surface area contributed by atoms with E-state index in [1.54, 1.807) is 7.11 Å². The van der Waals surface area contributed by atoms with Crippen molar-refractivity contribution in [1.29, 1.82) is 0 Å². The second kappa shape index (κ2) is 9.59. The van der Waals surface area contributed by atoms with Gasteiger partial charge in [-0.2, -0.15) is 0 Å². The molecule has 0 N–H and O–H groups in total. The summed E-state index contributed by atoms with van der Waals surface area (Å²) in [5, 5.41) is 9.27. The predicted octanol–water partition coefficient (Wildman–Crippen LogP) is 5.34. The summed E-state index contributed by atoms with van der Waals surface area (Å²) in [5.74, 6) is 2.06. The van der Waals surface area contributed by atoms with E-state index in [1.165, 1.54) is 22.9 Å². The summed E-state index contributed by atoms with van der Waals surface area (Å²) in [6.07, 6.45) is 2.04. The van der Waals surface area contributed by atoms with Crippen LogP contribution in [0.2, 0.25) is 0 Å². The zero-order chi connectivity index (χ0) is 23.6. The molecule has 1 fully saturated rings. The molecule has 0 saturated carbocycles. The number of methoxy groups -OCH3 is 1. The Hall–Kier alpha value is -2.80. The van der Waals surface area contributed by atoms with Gasteiger partial charge in [0.25, 0.3) is 0 Å². The number of ether oxygens (including phenoxy) is 1. The van der Waals surface area contributed by atoms with Crippen molar-refractivity contribution in [2.45, 2.75) is 57.1 Å². The number of likely N-dealkylation sites (tertiary alicyclic amines) is 1. The number of carbonyl (C=O) groups excluding carboxylic acids is 1. The molecule has 4 rings (SSSR count). The monoisotopic (exact) mass is 464 g/mol. The molecule has 1 aliphatic rings. The van der Waals surface area contributed by atoms with Crippen LogP contribution in [0.3, 0.4) is 0 Å². The number of thioether (sulfide) groups is 1. The molecule has 0 spiro atoms. The van der Waals surface area contributed by atoms with Crippen molar-refractivity contribution in [2.24, 2.45) is 0 Å². The molecule has 7 heteroatoms. The fourth-order valence-electron chi connectivity index (χ4n) is 4.29. The minimum Gasteiger partial charge on any atom is -0.497 e. The van der Waals surface area contributed by atoms with E-state index in [9.17, 15) is 4.79 Å². The first kappa shape index (κ1) is 23.4. The summed E-state index contributed by atoms with van der Waals surface area (Å²) in [4.78, 5) is 15.2. The Labute approximate surface area is 200 Å². The third-order valence-corrected chi connectivity index (χ3v) is 7.10. The fraction of sp³-hybridized carbons (Fsp3) is 0.423. The Kier molecular flexibility index (Phi) is 6.79. The van der Waals surface area contributed by atoms with Crippen molar-refractivity contribution in [3.8, 4) is 11.4 Å². The van der Waals surface area contributed by atoms with Crippen molar-refractivity contribution in [1.82, 2.24) is 19.7 Å². The van der Waals surface area contributed by atoms with Gasteiger partial charge in [0, 0.05) is 12.2 Å². The lowest BCUT2D eigenvalue weighted by Gasteiger charge is -2.26. The van der Waals surface area contributed by atoms with Crippen LogP contribution < -0.4 is 4.74 Å². The summed E-state index contributed by atoms with van der Waals surface area (Å²) in [5.41, 5.74) is 3.60. The van der Waals surface area contributed by atoms with E-state index in [-0.39, 0.29) is 17.4 Å². The fourth-order valence-corrected chi connectivity index (χ4v) is 5.17. The van der Waals surface area contributed by atoms with Gasteiger partial charge in [0.05, 0.1) is 18.9 Å². The Morgan fingerprint density at radius 2 is 1.79 bits per heavy atom. The number of hydrogen-bond donors (Lipinski definition) is 0. The standard InChI is InChI=1S/C26H32N4O2S/c1-18-27-28-25(30(18)21-12-14-22(32-5)15-13-21)33-17-24(31)29-16-6-7-23(29)19-8-10-20(11-9-19)26(2,3)4/h8-15,23H,6-7,16-17H2,1-5H3. The Balaban J connectivity index is 1.45. The van der Waals surface area contributed by atoms with E-state index >= 15 is 0 Å². The van der Waals surface area contributed by atoms with E-state index in [4.69, 9.17) is 4.74 Å². The number of amides is 1. The van der Waals surface area contributed by atoms with Crippen LogP contribution in [0.15, 0.2) is 53.7 Å². The molecule has 6 nitrogen and oxygen atoms in total. The van der Waals surface area contributed by atoms with E-state index in [0.29, 0.717) is 5.75 Å². The molecule has 1 aliphatic heterocycles. The van der Waals surface area contributed by atoms with Crippen LogP contribution in [0.5, 0.6) is 5.75 Å². The van der Waals surface area contributed by atoms with E-state index in [2.05, 4.69) is 55.2 Å². The minimum atomic E-state index is 0.123. The first-order chi connectivity index (χ1) is 15.8. The molecular weight excluding hydrogens is 432 g/mol. The highest BCUT2D eigenvalue weighted by molar-refractivity contribution is 7.99. The van der Waals surface area contributed by atoms with Crippen LogP contribution in [0, 0.1) is 6.92 Å². The van der Waals surface area contributed by atoms with E-state index < -0.39 is 0 Å². The quantitative estimate of drug-likeness (QED) is 0.461. The Morgan fingerprint density at radius 1 is 1.09 bits per heavy atom. The molecule has 1 aromatic heterocycles. The smallest absolute Gasteiger partial charge is 0.233 e. The maximum Gasteiger partial charge on any atom is 0.233 e. The van der Waals surface area contributed by atoms with Crippen molar-refractivity contribution >= 4 is 17.7 Å². The Morgan fingerprint density at radius 3 is 2.42 bits per heavy atom. The molecule has 1 saturated heterocycles. The largest absolute Gasteiger partial charge is 0.497 e. The summed E-state index contributed by atoms with van der Waals surface area (Å²) in [6, 6.07) is 16.7. The van der Waals surface area contributed by atoms with Crippen molar-refractivity contribution in [3.05, 3.63) is 65.5 Å². The third kappa shape index (κ3) is 5.08. The molecule has 0 bridgehead atoms. The van der Waals surface area contributed by atoms with Gasteiger partial charge in [-0.15, -0.1) is 10.2 Å². The van der Waals surface area contributed by atoms with Crippen molar-refractivity contribution < 1.29 is 9.53 Å². The molecule has 1 atom stereocenters. The lowest BCUT2D eigenvalue weighted by Crippen LogP contribution is -2.32. The molecule has 174 valence electrons. The highest BCUT2D eigenvalue weighted by Crippen LogP contribution is 2.34. The number of aryl methyl sites for hydroxylation is 1. The van der Waals surface area contributed by atoms with Gasteiger partial charge in [-0.05, 0) is 60.6 Å². The van der Waals surface area contributed by atoms with Crippen LogP contribution in [0.25, 0.3) is 5.69 Å². The number of rotatable bonds is 6. The first-order valence-corrected chi connectivity index (χ1v) is 12.4. The molecule has 0 radical (unpaired) electrons. The van der Waals surface area contributed by atoms with Crippen molar-refractivity contribution in [2.75, 3.05) is 19.4 Å². The third-order valence-electron chi connectivity index (χ3n) is 6.19. The molecule has 33 heavy (non-hydrogen) atoms. The average molecular weight is 465 g/mol. The lowest BCUT2D eigenvalue weighted by atomic mass is 9.86. The molecule has 1 unspecified atom stereocenters. The second-order valence-corrected chi connectivity index (χ2v) is 10.4. The van der Waals surface area contributed by atoms with Gasteiger partial charge in [-0.25, -0.2) is 0 Å². The van der Waals surface area contributed by atoms with Gasteiger partial charge >= 0.3 is 0 Å². The van der Waals surface area contributed by atoms with Gasteiger partial charge in [0.1, 0.15) is 11.6 Å². The number of hydrogen-bond acceptors (Lipinski definition) is 5. The van der Waals surface area contributed by atoms with Gasteiger partial charge in [-0.1, -0.05) is 56.8 Å². The van der Waals surface area contributed by atoms with E-state index in [1.807, 2.05) is 40.7 Å². The summed E-state index contributed by atoms with van der Waals surface area (Å²) >= 11 is 1.44. The normalized spacial score (nSPS) is 16.3. The van der Waals surface area contributed by atoms with Crippen LogP contribution in [-0.4, -0.2) is 45.0 Å². The zero-order valence-electron chi connectivity index (χ0n) is 20.0. The maximum atomic E-state index is 13.2. The number of aromatic nitrogens is 3. The number of nitrogens with zero attached hydrogens (tertiary/aromatic N) is 4. The van der Waals surface area contributed by atoms with Crippen LogP contribution >= 0.6 is 11.8 Å². The van der Waals surface area contributed by atoms with Gasteiger partial charge in [0.2, 0.25) is 5.91 Å². The SMILES string of the molecule is COc1ccc(-n2c(C)nnc2SCC(=O)N2CCCC2c2ccc(C(C)(C)C)cc2)cc1. The number of carbonyl (C=O) groups is 1. The highest BCUT2D eigenvalue weighted by atomic mass is 32.2. The van der Waals surface area contributed by atoms with E-state index in [0.717, 1.165) is 41.8 Å². The summed E-state index contributed by atoms with van der Waals surface area (Å²) in [6.45, 7) is 9.38. The molecule has 3 aromatic rings. The van der Waals surface area contributed by atoms with Gasteiger partial charge in [0.15, 0.2) is 5.16 Å². The number of benzene rings is 2. The topological polar surface area (TPSA) is 60.2 Å². The van der Waals surface area contributed by atoms with Crippen LogP contribution in [0.1, 0.15) is 56.6 Å². The van der Waals surface area contributed by atoms with Gasteiger partial charge < -0.3 is 9.64 Å². The molecule has 0 aliphatic carbocycles. The molecule has 1 amide bonds. The van der Waals surface area contributed by atoms with Crippen LogP contribution in [0.4, 0.5) is 0 Å². The lowest BCUT2D eigenvalue weighted by molar-refractivity contribution is -0.129. The maximum absolute atomic E-state index is 13.2. The Bertz CT molecular complexity index is 1100. The highest BCUT2D eigenvalue weighted by Gasteiger charge is 2.30. The molecular formula is C26H32N4O2S. The predicted molar refractivity (Wildman–Crippen MR) is 132 cm³/mol. The second-order valence-electron chi connectivity index (χ2n) is 9.47. The van der Waals surface area contributed by atoms with Gasteiger partial charge in [-0.3, -0.25) is 9.36 Å². The first-order valence-electron chi connectivity index (χ1n) is 11.4.